The minimum absolute atomic E-state index is 0.801. The molecule has 14 heavy (non-hydrogen) atoms. The highest BCUT2D eigenvalue weighted by molar-refractivity contribution is 7.80. The summed E-state index contributed by atoms with van der Waals surface area (Å²) in [6.45, 7) is 5.67. The smallest absolute Gasteiger partial charge is 0.183 e. The standard InChI is InChI=1S/C9H17N3OS/c14-9(11-3-1-2-4-11)10-12-5-7-13-8-6-12/h1-8H2,(H,10,14). The maximum absolute atomic E-state index is 5.33. The summed E-state index contributed by atoms with van der Waals surface area (Å²) in [7, 11) is 0. The van der Waals surface area contributed by atoms with Gasteiger partial charge in [0.1, 0.15) is 0 Å². The molecule has 2 heterocycles. The van der Waals surface area contributed by atoms with Gasteiger partial charge in [-0.15, -0.1) is 0 Å². The maximum Gasteiger partial charge on any atom is 0.183 e. The normalized spacial score (nSPS) is 23.9. The van der Waals surface area contributed by atoms with Gasteiger partial charge >= 0.3 is 0 Å². The van der Waals surface area contributed by atoms with Crippen molar-refractivity contribution in [3.05, 3.63) is 0 Å². The van der Waals surface area contributed by atoms with Gasteiger partial charge in [0.15, 0.2) is 5.11 Å². The fraction of sp³-hybridized carbons (Fsp3) is 0.889. The average molecular weight is 215 g/mol. The third kappa shape index (κ3) is 2.56. The van der Waals surface area contributed by atoms with Gasteiger partial charge in [-0.1, -0.05) is 0 Å². The lowest BCUT2D eigenvalue weighted by Crippen LogP contribution is -2.52. The molecular formula is C9H17N3OS. The Labute approximate surface area is 90.2 Å². The SMILES string of the molecule is S=C(NN1CCOCC1)N1CCCC1. The Balaban J connectivity index is 1.75. The van der Waals surface area contributed by atoms with Crippen LogP contribution in [0, 0.1) is 0 Å². The van der Waals surface area contributed by atoms with Gasteiger partial charge in [0.2, 0.25) is 0 Å². The summed E-state index contributed by atoms with van der Waals surface area (Å²) in [5.41, 5.74) is 3.27. The molecule has 1 N–H and O–H groups in total. The van der Waals surface area contributed by atoms with Crippen molar-refractivity contribution >= 4 is 17.3 Å². The van der Waals surface area contributed by atoms with Crippen molar-refractivity contribution in [2.45, 2.75) is 12.8 Å². The lowest BCUT2D eigenvalue weighted by molar-refractivity contribution is 0.0234. The van der Waals surface area contributed by atoms with Crippen molar-refractivity contribution in [2.24, 2.45) is 0 Å². The van der Waals surface area contributed by atoms with E-state index in [9.17, 15) is 0 Å². The molecule has 0 saturated carbocycles. The number of nitrogens with one attached hydrogen (secondary N) is 1. The molecule has 0 aromatic heterocycles. The van der Waals surface area contributed by atoms with Gasteiger partial charge in [0, 0.05) is 26.2 Å². The Morgan fingerprint density at radius 3 is 2.36 bits per heavy atom. The molecule has 0 aromatic carbocycles. The van der Waals surface area contributed by atoms with Crippen LogP contribution in [0.15, 0.2) is 0 Å². The number of ether oxygens (including phenoxy) is 1. The van der Waals surface area contributed by atoms with Crippen molar-refractivity contribution in [1.82, 2.24) is 15.3 Å². The molecule has 0 spiro atoms. The Bertz CT molecular complexity index is 200. The van der Waals surface area contributed by atoms with E-state index in [-0.39, 0.29) is 0 Å². The van der Waals surface area contributed by atoms with E-state index < -0.39 is 0 Å². The monoisotopic (exact) mass is 215 g/mol. The van der Waals surface area contributed by atoms with Gasteiger partial charge < -0.3 is 9.64 Å². The molecule has 0 aromatic rings. The van der Waals surface area contributed by atoms with Crippen LogP contribution in [0.2, 0.25) is 0 Å². The second kappa shape index (κ2) is 4.91. The summed E-state index contributed by atoms with van der Waals surface area (Å²) in [5.74, 6) is 0. The molecule has 0 bridgehead atoms. The number of hydrazine groups is 1. The van der Waals surface area contributed by atoms with Gasteiger partial charge in [-0.25, -0.2) is 5.01 Å². The van der Waals surface area contributed by atoms with Gasteiger partial charge in [-0.3, -0.25) is 5.43 Å². The van der Waals surface area contributed by atoms with E-state index >= 15 is 0 Å². The number of rotatable bonds is 1. The summed E-state index contributed by atoms with van der Waals surface area (Å²) < 4.78 is 5.27. The Morgan fingerprint density at radius 2 is 1.71 bits per heavy atom. The molecule has 0 radical (unpaired) electrons. The number of likely N-dealkylation sites (tertiary alicyclic amines) is 1. The van der Waals surface area contributed by atoms with Gasteiger partial charge in [-0.05, 0) is 25.1 Å². The molecule has 0 aliphatic carbocycles. The first-order valence-electron chi connectivity index (χ1n) is 5.24. The third-order valence-electron chi connectivity index (χ3n) is 2.66. The van der Waals surface area contributed by atoms with Crippen LogP contribution in [0.4, 0.5) is 0 Å². The topological polar surface area (TPSA) is 27.7 Å². The van der Waals surface area contributed by atoms with Crippen molar-refractivity contribution in [1.29, 1.82) is 0 Å². The highest BCUT2D eigenvalue weighted by Gasteiger charge is 2.17. The van der Waals surface area contributed by atoms with Crippen LogP contribution < -0.4 is 5.43 Å². The van der Waals surface area contributed by atoms with E-state index in [1.807, 2.05) is 0 Å². The summed E-state index contributed by atoms with van der Waals surface area (Å²) >= 11 is 5.33. The molecule has 4 nitrogen and oxygen atoms in total. The molecule has 2 saturated heterocycles. The zero-order valence-electron chi connectivity index (χ0n) is 8.37. The highest BCUT2D eigenvalue weighted by Crippen LogP contribution is 2.07. The predicted molar refractivity (Wildman–Crippen MR) is 58.9 cm³/mol. The van der Waals surface area contributed by atoms with Crippen LogP contribution in [-0.4, -0.2) is 54.4 Å². The summed E-state index contributed by atoms with van der Waals surface area (Å²) in [5, 5.41) is 3.02. The first-order valence-corrected chi connectivity index (χ1v) is 5.65. The zero-order valence-corrected chi connectivity index (χ0v) is 9.18. The molecule has 0 amide bonds. The zero-order chi connectivity index (χ0) is 9.80. The fourth-order valence-electron chi connectivity index (χ4n) is 1.80. The van der Waals surface area contributed by atoms with Crippen molar-refractivity contribution in [2.75, 3.05) is 39.4 Å². The van der Waals surface area contributed by atoms with Crippen LogP contribution in [0.5, 0.6) is 0 Å². The highest BCUT2D eigenvalue weighted by atomic mass is 32.1. The summed E-state index contributed by atoms with van der Waals surface area (Å²) in [6, 6.07) is 0. The number of hydrogen-bond acceptors (Lipinski definition) is 3. The maximum atomic E-state index is 5.33. The number of thiocarbonyl (C=S) groups is 1. The van der Waals surface area contributed by atoms with Crippen molar-refractivity contribution in [3.63, 3.8) is 0 Å². The Kier molecular flexibility index (Phi) is 3.55. The molecule has 5 heteroatoms. The second-order valence-corrected chi connectivity index (χ2v) is 4.10. The molecule has 0 atom stereocenters. The van der Waals surface area contributed by atoms with E-state index in [0.717, 1.165) is 44.5 Å². The van der Waals surface area contributed by atoms with Gasteiger partial charge in [0.25, 0.3) is 0 Å². The molecule has 0 unspecified atom stereocenters. The number of morpholine rings is 1. The Hall–Kier alpha value is -0.390. The van der Waals surface area contributed by atoms with Crippen LogP contribution in [0.25, 0.3) is 0 Å². The first-order chi connectivity index (χ1) is 6.86. The van der Waals surface area contributed by atoms with Crippen molar-refractivity contribution < 1.29 is 4.74 Å². The minimum atomic E-state index is 0.801. The Morgan fingerprint density at radius 1 is 1.07 bits per heavy atom. The summed E-state index contributed by atoms with van der Waals surface area (Å²) in [4.78, 5) is 2.24. The second-order valence-electron chi connectivity index (χ2n) is 3.71. The van der Waals surface area contributed by atoms with E-state index in [4.69, 9.17) is 17.0 Å². The number of nitrogens with zero attached hydrogens (tertiary/aromatic N) is 2. The molecule has 2 aliphatic heterocycles. The first kappa shape index (κ1) is 10.1. The van der Waals surface area contributed by atoms with Crippen LogP contribution >= 0.6 is 12.2 Å². The van der Waals surface area contributed by atoms with E-state index in [1.54, 1.807) is 0 Å². The van der Waals surface area contributed by atoms with Crippen LogP contribution in [-0.2, 0) is 4.74 Å². The molecular weight excluding hydrogens is 198 g/mol. The molecule has 2 rings (SSSR count). The van der Waals surface area contributed by atoms with Gasteiger partial charge in [0.05, 0.1) is 13.2 Å². The number of hydrogen-bond donors (Lipinski definition) is 1. The lowest BCUT2D eigenvalue weighted by atomic mass is 10.4. The van der Waals surface area contributed by atoms with Crippen LogP contribution in [0.3, 0.4) is 0 Å². The molecule has 2 fully saturated rings. The largest absolute Gasteiger partial charge is 0.379 e. The third-order valence-corrected chi connectivity index (χ3v) is 3.01. The minimum Gasteiger partial charge on any atom is -0.379 e. The van der Waals surface area contributed by atoms with E-state index in [0.29, 0.717) is 0 Å². The lowest BCUT2D eigenvalue weighted by Gasteiger charge is -2.30. The predicted octanol–water partition coefficient (Wildman–Crippen LogP) is 0.204. The average Bonchev–Trinajstić information content (AvgIpc) is 2.72. The quantitative estimate of drug-likeness (QED) is 0.631. The van der Waals surface area contributed by atoms with E-state index in [1.165, 1.54) is 12.8 Å². The molecule has 2 aliphatic rings. The van der Waals surface area contributed by atoms with Gasteiger partial charge in [-0.2, -0.15) is 0 Å². The molecule has 80 valence electrons. The van der Waals surface area contributed by atoms with Crippen molar-refractivity contribution in [3.8, 4) is 0 Å². The van der Waals surface area contributed by atoms with Crippen LogP contribution in [0.1, 0.15) is 12.8 Å². The summed E-state index contributed by atoms with van der Waals surface area (Å²) in [6.07, 6.45) is 2.54. The van der Waals surface area contributed by atoms with E-state index in [2.05, 4.69) is 15.3 Å². The fourth-order valence-corrected chi connectivity index (χ4v) is 2.11.